The Hall–Kier alpha value is -1.55. The van der Waals surface area contributed by atoms with Gasteiger partial charge in [-0.15, -0.1) is 0 Å². The average molecular weight is 275 g/mol. The second-order valence-electron chi connectivity index (χ2n) is 5.70. The number of ether oxygens (including phenoxy) is 2. The molecule has 1 aromatic rings. The highest BCUT2D eigenvalue weighted by atomic mass is 16.5. The maximum Gasteiger partial charge on any atom is 0.323 e. The summed E-state index contributed by atoms with van der Waals surface area (Å²) >= 11 is 0. The minimum atomic E-state index is -0.102. The third-order valence-corrected chi connectivity index (χ3v) is 4.54. The van der Waals surface area contributed by atoms with Gasteiger partial charge in [0.05, 0.1) is 7.11 Å². The first-order valence-electron chi connectivity index (χ1n) is 7.31. The summed E-state index contributed by atoms with van der Waals surface area (Å²) in [6.07, 6.45) is 3.65. The summed E-state index contributed by atoms with van der Waals surface area (Å²) in [5.74, 6) is 1.87. The Balaban J connectivity index is 1.53. The molecule has 2 fully saturated rings. The molecule has 0 bridgehead atoms. The summed E-state index contributed by atoms with van der Waals surface area (Å²) in [7, 11) is 1.64. The Labute approximate surface area is 119 Å². The topological polar surface area (TPSA) is 47.6 Å². The summed E-state index contributed by atoms with van der Waals surface area (Å²) in [5.41, 5.74) is 0.986. The van der Waals surface area contributed by atoms with Crippen molar-refractivity contribution in [1.29, 1.82) is 0 Å². The first-order chi connectivity index (χ1) is 9.78. The molecule has 2 aliphatic rings. The quantitative estimate of drug-likeness (QED) is 0.855. The first-order valence-corrected chi connectivity index (χ1v) is 7.31. The number of carbonyl (C=O) groups is 1. The molecule has 4 nitrogen and oxygen atoms in total. The largest absolute Gasteiger partial charge is 0.497 e. The van der Waals surface area contributed by atoms with E-state index >= 15 is 0 Å². The Morgan fingerprint density at radius 2 is 2.10 bits per heavy atom. The Morgan fingerprint density at radius 3 is 2.85 bits per heavy atom. The maximum absolute atomic E-state index is 12.2. The monoisotopic (exact) mass is 275 g/mol. The molecular formula is C16H21NO3. The van der Waals surface area contributed by atoms with Crippen LogP contribution in [0.1, 0.15) is 24.8 Å². The number of hydrogen-bond acceptors (Lipinski definition) is 4. The van der Waals surface area contributed by atoms with Gasteiger partial charge in [-0.1, -0.05) is 18.6 Å². The predicted molar refractivity (Wildman–Crippen MR) is 75.4 cm³/mol. The van der Waals surface area contributed by atoms with E-state index in [-0.39, 0.29) is 12.0 Å². The van der Waals surface area contributed by atoms with Crippen LogP contribution in [0.2, 0.25) is 0 Å². The van der Waals surface area contributed by atoms with Gasteiger partial charge in [-0.3, -0.25) is 4.79 Å². The molecule has 3 rings (SSSR count). The van der Waals surface area contributed by atoms with Crippen LogP contribution in [0, 0.1) is 11.8 Å². The smallest absolute Gasteiger partial charge is 0.323 e. The van der Waals surface area contributed by atoms with Gasteiger partial charge in [-0.2, -0.15) is 0 Å². The van der Waals surface area contributed by atoms with E-state index < -0.39 is 0 Å². The maximum atomic E-state index is 12.2. The van der Waals surface area contributed by atoms with Crippen molar-refractivity contribution in [3.05, 3.63) is 29.8 Å². The number of esters is 1. The van der Waals surface area contributed by atoms with Crippen LogP contribution in [-0.2, 0) is 16.1 Å². The molecule has 4 heteroatoms. The van der Waals surface area contributed by atoms with Crippen LogP contribution >= 0.6 is 0 Å². The Bertz CT molecular complexity index is 471. The van der Waals surface area contributed by atoms with Gasteiger partial charge < -0.3 is 14.8 Å². The molecule has 1 aliphatic heterocycles. The number of nitrogens with one attached hydrogen (secondary N) is 1. The molecule has 1 aromatic carbocycles. The van der Waals surface area contributed by atoms with Crippen LogP contribution in [0.15, 0.2) is 24.3 Å². The van der Waals surface area contributed by atoms with E-state index in [2.05, 4.69) is 5.32 Å². The van der Waals surface area contributed by atoms with Gasteiger partial charge in [-0.25, -0.2) is 0 Å². The number of methoxy groups -OCH3 is 1. The molecule has 0 amide bonds. The lowest BCUT2D eigenvalue weighted by atomic mass is 9.94. The summed E-state index contributed by atoms with van der Waals surface area (Å²) < 4.78 is 10.6. The number of benzene rings is 1. The van der Waals surface area contributed by atoms with Crippen LogP contribution in [0.25, 0.3) is 0 Å². The van der Waals surface area contributed by atoms with Crippen molar-refractivity contribution < 1.29 is 14.3 Å². The lowest BCUT2D eigenvalue weighted by Crippen LogP contribution is -2.36. The molecule has 0 aromatic heterocycles. The van der Waals surface area contributed by atoms with Gasteiger partial charge in [0.1, 0.15) is 18.4 Å². The second-order valence-corrected chi connectivity index (χ2v) is 5.70. The van der Waals surface area contributed by atoms with E-state index in [1.54, 1.807) is 7.11 Å². The van der Waals surface area contributed by atoms with E-state index in [1.165, 1.54) is 12.8 Å². The van der Waals surface area contributed by atoms with Crippen molar-refractivity contribution in [3.8, 4) is 5.75 Å². The van der Waals surface area contributed by atoms with E-state index in [0.717, 1.165) is 24.3 Å². The van der Waals surface area contributed by atoms with E-state index in [1.807, 2.05) is 24.3 Å². The normalized spacial score (nSPS) is 28.1. The van der Waals surface area contributed by atoms with Crippen molar-refractivity contribution >= 4 is 5.97 Å². The third-order valence-electron chi connectivity index (χ3n) is 4.54. The van der Waals surface area contributed by atoms with Crippen LogP contribution in [0.4, 0.5) is 0 Å². The highest BCUT2D eigenvalue weighted by Crippen LogP contribution is 2.38. The van der Waals surface area contributed by atoms with Crippen molar-refractivity contribution in [3.63, 3.8) is 0 Å². The summed E-state index contributed by atoms with van der Waals surface area (Å²) in [6, 6.07) is 7.51. The zero-order chi connectivity index (χ0) is 13.9. The minimum absolute atomic E-state index is 0.0965. The minimum Gasteiger partial charge on any atom is -0.497 e. The Kier molecular flexibility index (Phi) is 3.92. The third kappa shape index (κ3) is 2.66. The van der Waals surface area contributed by atoms with Gasteiger partial charge in [0.15, 0.2) is 0 Å². The predicted octanol–water partition coefficient (Wildman–Crippen LogP) is 2.13. The molecule has 0 spiro atoms. The fourth-order valence-electron chi connectivity index (χ4n) is 3.41. The molecule has 108 valence electrons. The lowest BCUT2D eigenvalue weighted by Gasteiger charge is -2.16. The van der Waals surface area contributed by atoms with Crippen molar-refractivity contribution in [2.24, 2.45) is 11.8 Å². The molecule has 1 saturated heterocycles. The summed E-state index contributed by atoms with van der Waals surface area (Å²) in [5, 5.41) is 3.32. The number of rotatable bonds is 4. The lowest BCUT2D eigenvalue weighted by molar-refractivity contribution is -0.148. The molecule has 1 aliphatic carbocycles. The zero-order valence-corrected chi connectivity index (χ0v) is 11.8. The van der Waals surface area contributed by atoms with Gasteiger partial charge in [0.2, 0.25) is 0 Å². The average Bonchev–Trinajstić information content (AvgIpc) is 3.08. The van der Waals surface area contributed by atoms with Crippen LogP contribution in [0.5, 0.6) is 5.75 Å². The number of carbonyl (C=O) groups excluding carboxylic acids is 1. The summed E-state index contributed by atoms with van der Waals surface area (Å²) in [4.78, 5) is 12.2. The molecule has 1 heterocycles. The number of hydrogen-bond donors (Lipinski definition) is 1. The standard InChI is InChI=1S/C16H21NO3/c1-19-13-7-5-11(6-8-13)10-20-16(18)15-14-4-2-3-12(14)9-17-15/h5-8,12,14-15,17H,2-4,9-10H2,1H3. The fourth-order valence-corrected chi connectivity index (χ4v) is 3.41. The van der Waals surface area contributed by atoms with E-state index in [9.17, 15) is 4.79 Å². The van der Waals surface area contributed by atoms with Gasteiger partial charge in [0, 0.05) is 0 Å². The van der Waals surface area contributed by atoms with Gasteiger partial charge in [-0.05, 0) is 48.9 Å². The van der Waals surface area contributed by atoms with Crippen LogP contribution < -0.4 is 10.1 Å². The molecule has 3 atom stereocenters. The van der Waals surface area contributed by atoms with Crippen molar-refractivity contribution in [2.75, 3.05) is 13.7 Å². The SMILES string of the molecule is COc1ccc(COC(=O)C2NCC3CCCC32)cc1. The molecular weight excluding hydrogens is 254 g/mol. The highest BCUT2D eigenvalue weighted by molar-refractivity contribution is 5.76. The first kappa shape index (κ1) is 13.4. The molecule has 3 unspecified atom stereocenters. The Morgan fingerprint density at radius 1 is 1.30 bits per heavy atom. The van der Waals surface area contributed by atoms with Gasteiger partial charge in [0.25, 0.3) is 0 Å². The van der Waals surface area contributed by atoms with Crippen LogP contribution in [0.3, 0.4) is 0 Å². The highest BCUT2D eigenvalue weighted by Gasteiger charge is 2.43. The van der Waals surface area contributed by atoms with Crippen LogP contribution in [-0.4, -0.2) is 25.7 Å². The fraction of sp³-hybridized carbons (Fsp3) is 0.562. The molecule has 20 heavy (non-hydrogen) atoms. The second kappa shape index (κ2) is 5.83. The zero-order valence-electron chi connectivity index (χ0n) is 11.8. The molecule has 1 N–H and O–H groups in total. The van der Waals surface area contributed by atoms with Gasteiger partial charge >= 0.3 is 5.97 Å². The summed E-state index contributed by atoms with van der Waals surface area (Å²) in [6.45, 7) is 1.30. The number of fused-ring (bicyclic) bond motifs is 1. The van der Waals surface area contributed by atoms with E-state index in [4.69, 9.17) is 9.47 Å². The van der Waals surface area contributed by atoms with Crippen molar-refractivity contribution in [2.45, 2.75) is 31.9 Å². The van der Waals surface area contributed by atoms with Crippen molar-refractivity contribution in [1.82, 2.24) is 5.32 Å². The molecule has 0 radical (unpaired) electrons. The van der Waals surface area contributed by atoms with E-state index in [0.29, 0.717) is 18.4 Å². The molecule has 1 saturated carbocycles.